The van der Waals surface area contributed by atoms with Gasteiger partial charge in [-0.1, -0.05) is 32.9 Å². The molecule has 3 rings (SSSR count). The maximum Gasteiger partial charge on any atom is 0.253 e. The van der Waals surface area contributed by atoms with Crippen LogP contribution in [-0.2, 0) is 16.3 Å². The molecule has 1 aliphatic carbocycles. The van der Waals surface area contributed by atoms with Gasteiger partial charge >= 0.3 is 0 Å². The van der Waals surface area contributed by atoms with Gasteiger partial charge in [0.1, 0.15) is 11.5 Å². The number of hydrogen-bond acceptors (Lipinski definition) is 4. The van der Waals surface area contributed by atoms with E-state index < -0.39 is 9.84 Å². The lowest BCUT2D eigenvalue weighted by Crippen LogP contribution is -2.36. The third kappa shape index (κ3) is 3.56. The molecule has 1 unspecified atom stereocenters. The van der Waals surface area contributed by atoms with Crippen molar-refractivity contribution in [2.75, 3.05) is 5.75 Å². The van der Waals surface area contributed by atoms with Crippen molar-refractivity contribution in [1.29, 1.82) is 0 Å². The number of carbonyl (C=O) groups is 1. The molecule has 5 nitrogen and oxygen atoms in total. The predicted molar refractivity (Wildman–Crippen MR) is 99.9 cm³/mol. The highest BCUT2D eigenvalue weighted by atomic mass is 32.2. The van der Waals surface area contributed by atoms with Crippen molar-refractivity contribution in [2.24, 2.45) is 5.41 Å². The zero-order valence-corrected chi connectivity index (χ0v) is 16.4. The number of carbonyl (C=O) groups excluding carboxylic acids is 1. The SMILES string of the molecule is CCS(=O)(=O)c1ccccc1C(=O)NC1CC(C)(C)Cc2oc(C)cc21. The van der Waals surface area contributed by atoms with Crippen LogP contribution in [0.15, 0.2) is 39.6 Å². The van der Waals surface area contributed by atoms with Gasteiger partial charge in [0, 0.05) is 12.0 Å². The minimum absolute atomic E-state index is 0.00967. The normalized spacial score (nSPS) is 19.0. The molecule has 1 atom stereocenters. The summed E-state index contributed by atoms with van der Waals surface area (Å²) in [6, 6.07) is 8.14. The summed E-state index contributed by atoms with van der Waals surface area (Å²) in [5.74, 6) is 1.31. The van der Waals surface area contributed by atoms with E-state index >= 15 is 0 Å². The Morgan fingerprint density at radius 2 is 2.00 bits per heavy atom. The van der Waals surface area contributed by atoms with Crippen LogP contribution in [0.5, 0.6) is 0 Å². The third-order valence-electron chi connectivity index (χ3n) is 4.89. The smallest absolute Gasteiger partial charge is 0.253 e. The molecule has 0 fully saturated rings. The van der Waals surface area contributed by atoms with Crippen molar-refractivity contribution in [3.8, 4) is 0 Å². The number of benzene rings is 1. The lowest BCUT2D eigenvalue weighted by Gasteiger charge is -2.34. The monoisotopic (exact) mass is 375 g/mol. The second kappa shape index (κ2) is 6.58. The van der Waals surface area contributed by atoms with Crippen molar-refractivity contribution < 1.29 is 17.6 Å². The highest BCUT2D eigenvalue weighted by Crippen LogP contribution is 2.42. The zero-order chi connectivity index (χ0) is 19.1. The fourth-order valence-electron chi connectivity index (χ4n) is 3.63. The Kier molecular flexibility index (Phi) is 4.73. The van der Waals surface area contributed by atoms with Gasteiger partial charge in [0.2, 0.25) is 0 Å². The van der Waals surface area contributed by atoms with Crippen molar-refractivity contribution in [3.63, 3.8) is 0 Å². The first-order valence-electron chi connectivity index (χ1n) is 8.85. The molecular formula is C20H25NO4S. The van der Waals surface area contributed by atoms with Crippen molar-refractivity contribution in [2.45, 2.75) is 51.5 Å². The Hall–Kier alpha value is -2.08. The fourth-order valence-corrected chi connectivity index (χ4v) is 4.72. The van der Waals surface area contributed by atoms with E-state index in [2.05, 4.69) is 19.2 Å². The van der Waals surface area contributed by atoms with Crippen molar-refractivity contribution in [1.82, 2.24) is 5.32 Å². The predicted octanol–water partition coefficient (Wildman–Crippen LogP) is 3.83. The standard InChI is InChI=1S/C20H25NO4S/c1-5-26(23,24)18-9-7-6-8-14(18)19(22)21-16-11-20(3,4)12-17-15(16)10-13(2)25-17/h6-10,16H,5,11-12H2,1-4H3,(H,21,22). The number of furan rings is 1. The first-order valence-corrected chi connectivity index (χ1v) is 10.5. The highest BCUT2D eigenvalue weighted by molar-refractivity contribution is 7.91. The van der Waals surface area contributed by atoms with Gasteiger partial charge in [0.25, 0.3) is 5.91 Å². The number of sulfone groups is 1. The molecule has 0 bridgehead atoms. The molecular weight excluding hydrogens is 350 g/mol. The Balaban J connectivity index is 1.94. The summed E-state index contributed by atoms with van der Waals surface area (Å²) in [4.78, 5) is 13.0. The summed E-state index contributed by atoms with van der Waals surface area (Å²) in [7, 11) is -3.47. The van der Waals surface area contributed by atoms with Crippen LogP contribution in [0.3, 0.4) is 0 Å². The average molecular weight is 375 g/mol. The van der Waals surface area contributed by atoms with E-state index in [0.29, 0.717) is 0 Å². The molecule has 140 valence electrons. The number of hydrogen-bond donors (Lipinski definition) is 1. The van der Waals surface area contributed by atoms with E-state index in [1.54, 1.807) is 25.1 Å². The van der Waals surface area contributed by atoms with Crippen LogP contribution in [0.2, 0.25) is 0 Å². The van der Waals surface area contributed by atoms with Crippen LogP contribution >= 0.6 is 0 Å². The minimum Gasteiger partial charge on any atom is -0.466 e. The van der Waals surface area contributed by atoms with Crippen LogP contribution in [-0.4, -0.2) is 20.1 Å². The molecule has 1 N–H and O–H groups in total. The van der Waals surface area contributed by atoms with Crippen LogP contribution < -0.4 is 5.32 Å². The van der Waals surface area contributed by atoms with Crippen LogP contribution in [0, 0.1) is 12.3 Å². The second-order valence-electron chi connectivity index (χ2n) is 7.71. The Bertz CT molecular complexity index is 940. The topological polar surface area (TPSA) is 76.4 Å². The number of rotatable bonds is 4. The molecule has 1 aromatic carbocycles. The zero-order valence-electron chi connectivity index (χ0n) is 15.6. The summed E-state index contributed by atoms with van der Waals surface area (Å²) < 4.78 is 30.5. The van der Waals surface area contributed by atoms with Crippen LogP contribution in [0.25, 0.3) is 0 Å². The largest absolute Gasteiger partial charge is 0.466 e. The first-order chi connectivity index (χ1) is 12.1. The quantitative estimate of drug-likeness (QED) is 0.881. The maximum atomic E-state index is 12.9. The van der Waals surface area contributed by atoms with Crippen LogP contribution in [0.4, 0.5) is 0 Å². The fraction of sp³-hybridized carbons (Fsp3) is 0.450. The van der Waals surface area contributed by atoms with E-state index in [4.69, 9.17) is 4.42 Å². The highest BCUT2D eigenvalue weighted by Gasteiger charge is 2.36. The molecule has 0 saturated heterocycles. The first kappa shape index (κ1) is 18.7. The molecule has 1 amide bonds. The molecule has 0 radical (unpaired) electrons. The van der Waals surface area contributed by atoms with Gasteiger partial charge in [-0.15, -0.1) is 0 Å². The lowest BCUT2D eigenvalue weighted by molar-refractivity contribution is 0.0914. The Morgan fingerprint density at radius 1 is 1.31 bits per heavy atom. The molecule has 26 heavy (non-hydrogen) atoms. The van der Waals surface area contributed by atoms with Gasteiger partial charge in [-0.3, -0.25) is 4.79 Å². The molecule has 0 aliphatic heterocycles. The number of aryl methyl sites for hydroxylation is 1. The minimum atomic E-state index is -3.47. The van der Waals surface area contributed by atoms with E-state index in [0.717, 1.165) is 29.9 Å². The number of fused-ring (bicyclic) bond motifs is 1. The van der Waals surface area contributed by atoms with Crippen LogP contribution in [0.1, 0.15) is 60.7 Å². The van der Waals surface area contributed by atoms with E-state index in [9.17, 15) is 13.2 Å². The van der Waals surface area contributed by atoms with E-state index in [1.807, 2.05) is 13.0 Å². The third-order valence-corrected chi connectivity index (χ3v) is 6.67. The molecule has 0 spiro atoms. The number of nitrogens with one attached hydrogen (secondary N) is 1. The molecule has 2 aromatic rings. The maximum absolute atomic E-state index is 12.9. The van der Waals surface area contributed by atoms with Gasteiger partial charge in [-0.05, 0) is 37.0 Å². The van der Waals surface area contributed by atoms with Gasteiger partial charge in [0.05, 0.1) is 22.3 Å². The molecule has 1 aromatic heterocycles. The Morgan fingerprint density at radius 3 is 2.69 bits per heavy atom. The van der Waals surface area contributed by atoms with Gasteiger partial charge in [-0.25, -0.2) is 8.42 Å². The van der Waals surface area contributed by atoms with Crippen molar-refractivity contribution in [3.05, 3.63) is 53.0 Å². The molecule has 6 heteroatoms. The van der Waals surface area contributed by atoms with Gasteiger partial charge in [0.15, 0.2) is 9.84 Å². The molecule has 0 saturated carbocycles. The Labute approximate surface area is 154 Å². The van der Waals surface area contributed by atoms with Crippen molar-refractivity contribution >= 4 is 15.7 Å². The van der Waals surface area contributed by atoms with Gasteiger partial charge < -0.3 is 9.73 Å². The lowest BCUT2D eigenvalue weighted by atomic mass is 9.74. The summed E-state index contributed by atoms with van der Waals surface area (Å²) in [5.41, 5.74) is 1.18. The van der Waals surface area contributed by atoms with E-state index in [-0.39, 0.29) is 33.6 Å². The molecule has 1 aliphatic rings. The number of amides is 1. The summed E-state index contributed by atoms with van der Waals surface area (Å²) in [5, 5.41) is 3.03. The van der Waals surface area contributed by atoms with Gasteiger partial charge in [-0.2, -0.15) is 0 Å². The summed E-state index contributed by atoms with van der Waals surface area (Å²) in [6.07, 6.45) is 1.59. The van der Waals surface area contributed by atoms with E-state index in [1.165, 1.54) is 6.07 Å². The summed E-state index contributed by atoms with van der Waals surface area (Å²) >= 11 is 0. The average Bonchev–Trinajstić information content (AvgIpc) is 2.93. The summed E-state index contributed by atoms with van der Waals surface area (Å²) in [6.45, 7) is 7.76. The molecule has 1 heterocycles. The second-order valence-corrected chi connectivity index (χ2v) is 9.95.